The van der Waals surface area contributed by atoms with Crippen LogP contribution in [0.15, 0.2) is 48.5 Å². The van der Waals surface area contributed by atoms with Crippen molar-refractivity contribution in [2.45, 2.75) is 25.2 Å². The van der Waals surface area contributed by atoms with E-state index in [0.29, 0.717) is 12.2 Å². The highest BCUT2D eigenvalue weighted by Crippen LogP contribution is 2.49. The minimum Gasteiger partial charge on any atom is -0.465 e. The van der Waals surface area contributed by atoms with Gasteiger partial charge in [0, 0.05) is 5.56 Å². The van der Waals surface area contributed by atoms with Crippen molar-refractivity contribution in [3.63, 3.8) is 0 Å². The van der Waals surface area contributed by atoms with Crippen molar-refractivity contribution in [3.8, 4) is 11.1 Å². The molecule has 1 saturated carbocycles. The minimum atomic E-state index is -0.421. The first-order chi connectivity index (χ1) is 10.7. The van der Waals surface area contributed by atoms with E-state index in [1.165, 1.54) is 0 Å². The molecule has 0 bridgehead atoms. The molecule has 0 amide bonds. The fourth-order valence-corrected chi connectivity index (χ4v) is 2.74. The summed E-state index contributed by atoms with van der Waals surface area (Å²) in [5.41, 5.74) is 3.40. The maximum Gasteiger partial charge on any atom is 0.316 e. The maximum atomic E-state index is 12.1. The predicted molar refractivity (Wildman–Crippen MR) is 84.8 cm³/mol. The Bertz CT molecular complexity index is 680. The summed E-state index contributed by atoms with van der Waals surface area (Å²) in [6, 6.07) is 15.5. The van der Waals surface area contributed by atoms with Crippen LogP contribution in [-0.2, 0) is 14.9 Å². The number of hydrogen-bond donors (Lipinski definition) is 0. The molecule has 2 aromatic carbocycles. The number of hydrogen-bond acceptors (Lipinski definition) is 3. The van der Waals surface area contributed by atoms with Crippen molar-refractivity contribution in [2.75, 3.05) is 6.61 Å². The molecule has 0 aliphatic heterocycles. The molecule has 22 heavy (non-hydrogen) atoms. The Kier molecular flexibility index (Phi) is 3.80. The first kappa shape index (κ1) is 14.5. The van der Waals surface area contributed by atoms with Crippen LogP contribution in [0.4, 0.5) is 0 Å². The lowest BCUT2D eigenvalue weighted by Crippen LogP contribution is -2.23. The highest BCUT2D eigenvalue weighted by atomic mass is 16.5. The molecule has 0 aromatic heterocycles. The standard InChI is InChI=1S/C19H18O3/c1-2-22-18(21)19(11-12-19)17-9-7-16(8-10-17)15-5-3-14(13-20)4-6-15/h3-10,13H,2,11-12H2,1H3. The molecule has 3 heteroatoms. The summed E-state index contributed by atoms with van der Waals surface area (Å²) in [5, 5.41) is 0. The molecule has 112 valence electrons. The zero-order valence-corrected chi connectivity index (χ0v) is 12.5. The largest absolute Gasteiger partial charge is 0.465 e. The lowest BCUT2D eigenvalue weighted by molar-refractivity contribution is -0.146. The van der Waals surface area contributed by atoms with Gasteiger partial charge < -0.3 is 4.74 Å². The molecule has 1 aliphatic rings. The number of rotatable bonds is 5. The first-order valence-electron chi connectivity index (χ1n) is 7.53. The van der Waals surface area contributed by atoms with Gasteiger partial charge in [0.15, 0.2) is 0 Å². The Hall–Kier alpha value is -2.42. The first-order valence-corrected chi connectivity index (χ1v) is 7.53. The third kappa shape index (κ3) is 2.54. The fourth-order valence-electron chi connectivity index (χ4n) is 2.74. The molecule has 2 aromatic rings. The van der Waals surface area contributed by atoms with Gasteiger partial charge in [-0.1, -0.05) is 48.5 Å². The van der Waals surface area contributed by atoms with Crippen LogP contribution in [0.5, 0.6) is 0 Å². The topological polar surface area (TPSA) is 43.4 Å². The summed E-state index contributed by atoms with van der Waals surface area (Å²) in [7, 11) is 0. The molecule has 3 nitrogen and oxygen atoms in total. The molecular weight excluding hydrogens is 276 g/mol. The number of carbonyl (C=O) groups is 2. The van der Waals surface area contributed by atoms with E-state index in [1.807, 2.05) is 43.3 Å². The molecule has 3 rings (SSSR count). The van der Waals surface area contributed by atoms with Gasteiger partial charge in [-0.25, -0.2) is 0 Å². The summed E-state index contributed by atoms with van der Waals surface area (Å²) >= 11 is 0. The van der Waals surface area contributed by atoms with Gasteiger partial charge in [0.25, 0.3) is 0 Å². The molecular formula is C19H18O3. The summed E-state index contributed by atoms with van der Waals surface area (Å²) in [6.07, 6.45) is 2.56. The normalized spacial score (nSPS) is 15.1. The average Bonchev–Trinajstić information content (AvgIpc) is 3.37. The SMILES string of the molecule is CCOC(=O)C1(c2ccc(-c3ccc(C=O)cc3)cc2)CC1. The van der Waals surface area contributed by atoms with Crippen LogP contribution >= 0.6 is 0 Å². The Morgan fingerprint density at radius 2 is 1.59 bits per heavy atom. The van der Waals surface area contributed by atoms with E-state index in [4.69, 9.17) is 4.74 Å². The second kappa shape index (κ2) is 5.76. The van der Waals surface area contributed by atoms with Crippen LogP contribution in [0.25, 0.3) is 11.1 Å². The van der Waals surface area contributed by atoms with Crippen LogP contribution in [-0.4, -0.2) is 18.9 Å². The van der Waals surface area contributed by atoms with E-state index in [-0.39, 0.29) is 5.97 Å². The van der Waals surface area contributed by atoms with Gasteiger partial charge in [-0.3, -0.25) is 9.59 Å². The monoisotopic (exact) mass is 294 g/mol. The van der Waals surface area contributed by atoms with Gasteiger partial charge in [0.1, 0.15) is 6.29 Å². The summed E-state index contributed by atoms with van der Waals surface area (Å²) < 4.78 is 5.19. The van der Waals surface area contributed by atoms with Gasteiger partial charge in [-0.2, -0.15) is 0 Å². The number of ether oxygens (including phenoxy) is 1. The third-order valence-corrected chi connectivity index (χ3v) is 4.23. The van der Waals surface area contributed by atoms with Gasteiger partial charge in [-0.15, -0.1) is 0 Å². The lowest BCUT2D eigenvalue weighted by atomic mass is 9.93. The van der Waals surface area contributed by atoms with Gasteiger partial charge in [-0.05, 0) is 36.5 Å². The molecule has 0 N–H and O–H groups in total. The van der Waals surface area contributed by atoms with Crippen molar-refractivity contribution in [1.82, 2.24) is 0 Å². The Morgan fingerprint density at radius 1 is 1.05 bits per heavy atom. The van der Waals surface area contributed by atoms with Crippen LogP contribution in [0.3, 0.4) is 0 Å². The van der Waals surface area contributed by atoms with Crippen molar-refractivity contribution in [1.29, 1.82) is 0 Å². The Morgan fingerprint density at radius 3 is 2.05 bits per heavy atom. The van der Waals surface area contributed by atoms with E-state index in [0.717, 1.165) is 35.8 Å². The zero-order chi connectivity index (χ0) is 15.6. The molecule has 0 saturated heterocycles. The van der Waals surface area contributed by atoms with Crippen molar-refractivity contribution in [2.24, 2.45) is 0 Å². The number of carbonyl (C=O) groups excluding carboxylic acids is 2. The molecule has 0 atom stereocenters. The number of esters is 1. The Balaban J connectivity index is 1.83. The minimum absolute atomic E-state index is 0.113. The highest BCUT2D eigenvalue weighted by Gasteiger charge is 2.52. The van der Waals surface area contributed by atoms with E-state index in [1.54, 1.807) is 12.1 Å². The summed E-state index contributed by atoms with van der Waals surface area (Å²) in [4.78, 5) is 22.8. The molecule has 0 heterocycles. The van der Waals surface area contributed by atoms with E-state index < -0.39 is 5.41 Å². The van der Waals surface area contributed by atoms with E-state index in [9.17, 15) is 9.59 Å². The van der Waals surface area contributed by atoms with Crippen LogP contribution < -0.4 is 0 Å². The number of benzene rings is 2. The smallest absolute Gasteiger partial charge is 0.316 e. The summed E-state index contributed by atoms with van der Waals surface area (Å²) in [5.74, 6) is -0.113. The van der Waals surface area contributed by atoms with E-state index in [2.05, 4.69) is 0 Å². The molecule has 0 unspecified atom stereocenters. The lowest BCUT2D eigenvalue weighted by Gasteiger charge is -2.14. The van der Waals surface area contributed by atoms with E-state index >= 15 is 0 Å². The van der Waals surface area contributed by atoms with Crippen LogP contribution in [0.2, 0.25) is 0 Å². The van der Waals surface area contributed by atoms with Crippen LogP contribution in [0.1, 0.15) is 35.7 Å². The average molecular weight is 294 g/mol. The summed E-state index contributed by atoms with van der Waals surface area (Å²) in [6.45, 7) is 2.25. The maximum absolute atomic E-state index is 12.1. The van der Waals surface area contributed by atoms with Crippen molar-refractivity contribution in [3.05, 3.63) is 59.7 Å². The van der Waals surface area contributed by atoms with Gasteiger partial charge in [0.05, 0.1) is 12.0 Å². The highest BCUT2D eigenvalue weighted by molar-refractivity contribution is 5.87. The zero-order valence-electron chi connectivity index (χ0n) is 12.5. The van der Waals surface area contributed by atoms with Crippen molar-refractivity contribution >= 4 is 12.3 Å². The third-order valence-electron chi connectivity index (χ3n) is 4.23. The molecule has 1 aliphatic carbocycles. The van der Waals surface area contributed by atoms with Crippen LogP contribution in [0, 0.1) is 0 Å². The second-order valence-electron chi connectivity index (χ2n) is 5.62. The molecule has 1 fully saturated rings. The predicted octanol–water partition coefficient (Wildman–Crippen LogP) is 3.76. The molecule has 0 radical (unpaired) electrons. The van der Waals surface area contributed by atoms with Crippen molar-refractivity contribution < 1.29 is 14.3 Å². The van der Waals surface area contributed by atoms with Gasteiger partial charge in [0.2, 0.25) is 0 Å². The second-order valence-corrected chi connectivity index (χ2v) is 5.62. The fraction of sp³-hybridized carbons (Fsp3) is 0.263. The Labute approximate surface area is 129 Å². The number of aldehydes is 1. The van der Waals surface area contributed by atoms with Gasteiger partial charge >= 0.3 is 5.97 Å². The quantitative estimate of drug-likeness (QED) is 0.623. The molecule has 0 spiro atoms.